The number of ether oxygens (including phenoxy) is 1. The molecule has 86 valence electrons. The zero-order chi connectivity index (χ0) is 11.9. The lowest BCUT2D eigenvalue weighted by atomic mass is 10.1. The number of ketones is 1. The largest absolute Gasteiger partial charge is 0.369 e. The highest BCUT2D eigenvalue weighted by Crippen LogP contribution is 2.03. The highest BCUT2D eigenvalue weighted by Gasteiger charge is 2.04. The van der Waals surface area contributed by atoms with Crippen LogP contribution in [-0.4, -0.2) is 12.4 Å². The van der Waals surface area contributed by atoms with Crippen molar-refractivity contribution >= 4 is 5.78 Å². The summed E-state index contributed by atoms with van der Waals surface area (Å²) in [4.78, 5) is 11.7. The van der Waals surface area contributed by atoms with E-state index in [9.17, 15) is 4.79 Å². The molecule has 0 unspecified atom stereocenters. The van der Waals surface area contributed by atoms with Crippen LogP contribution in [0.25, 0.3) is 0 Å². The van der Waals surface area contributed by atoms with Crippen molar-refractivity contribution < 1.29 is 9.53 Å². The number of carbonyl (C=O) groups excluding carboxylic acids is 1. The monoisotopic (exact) mass is 226 g/mol. The van der Waals surface area contributed by atoms with Gasteiger partial charge >= 0.3 is 0 Å². The Bertz CT molecular complexity index is 463. The molecule has 0 saturated heterocycles. The number of benzene rings is 2. The molecule has 2 nitrogen and oxygen atoms in total. The molecule has 0 fully saturated rings. The summed E-state index contributed by atoms with van der Waals surface area (Å²) in [6.07, 6.45) is 0. The molecule has 0 amide bonds. The van der Waals surface area contributed by atoms with Crippen molar-refractivity contribution in [2.24, 2.45) is 0 Å². The third-order valence-corrected chi connectivity index (χ3v) is 2.44. The smallest absolute Gasteiger partial charge is 0.188 e. The highest BCUT2D eigenvalue weighted by atomic mass is 16.5. The van der Waals surface area contributed by atoms with Crippen molar-refractivity contribution in [2.45, 2.75) is 6.61 Å². The summed E-state index contributed by atoms with van der Waals surface area (Å²) < 4.78 is 5.39. The first-order valence-corrected chi connectivity index (χ1v) is 5.56. The first kappa shape index (κ1) is 11.6. The molecule has 0 saturated carbocycles. The van der Waals surface area contributed by atoms with Gasteiger partial charge in [-0.25, -0.2) is 0 Å². The van der Waals surface area contributed by atoms with E-state index in [0.717, 1.165) is 5.56 Å². The Kier molecular flexibility index (Phi) is 4.05. The van der Waals surface area contributed by atoms with E-state index in [-0.39, 0.29) is 12.4 Å². The second-order valence-electron chi connectivity index (χ2n) is 3.77. The Morgan fingerprint density at radius 3 is 2.12 bits per heavy atom. The molecule has 0 spiro atoms. The van der Waals surface area contributed by atoms with Gasteiger partial charge in [-0.15, -0.1) is 0 Å². The van der Waals surface area contributed by atoms with Crippen LogP contribution < -0.4 is 0 Å². The Morgan fingerprint density at radius 2 is 1.47 bits per heavy atom. The zero-order valence-electron chi connectivity index (χ0n) is 9.50. The number of hydrogen-bond donors (Lipinski definition) is 0. The van der Waals surface area contributed by atoms with Crippen LogP contribution in [0.5, 0.6) is 0 Å². The van der Waals surface area contributed by atoms with E-state index >= 15 is 0 Å². The number of hydrogen-bond acceptors (Lipinski definition) is 2. The molecule has 17 heavy (non-hydrogen) atoms. The van der Waals surface area contributed by atoms with Gasteiger partial charge in [0.25, 0.3) is 0 Å². The maximum atomic E-state index is 11.7. The summed E-state index contributed by atoms with van der Waals surface area (Å²) in [6, 6.07) is 19.0. The van der Waals surface area contributed by atoms with Crippen molar-refractivity contribution in [3.8, 4) is 0 Å². The minimum atomic E-state index is 0.0153. The molecule has 0 atom stereocenters. The van der Waals surface area contributed by atoms with Gasteiger partial charge in [-0.1, -0.05) is 60.7 Å². The van der Waals surface area contributed by atoms with Gasteiger partial charge in [0, 0.05) is 5.56 Å². The Balaban J connectivity index is 1.82. The minimum absolute atomic E-state index is 0.0153. The molecule has 0 radical (unpaired) electrons. The molecule has 0 aliphatic rings. The summed E-state index contributed by atoms with van der Waals surface area (Å²) in [5, 5.41) is 0. The third-order valence-electron chi connectivity index (χ3n) is 2.44. The molecule has 0 aromatic heterocycles. The van der Waals surface area contributed by atoms with Crippen LogP contribution in [0, 0.1) is 0 Å². The van der Waals surface area contributed by atoms with Gasteiger partial charge in [-0.3, -0.25) is 4.79 Å². The zero-order valence-corrected chi connectivity index (χ0v) is 9.50. The lowest BCUT2D eigenvalue weighted by Crippen LogP contribution is -2.08. The topological polar surface area (TPSA) is 26.3 Å². The van der Waals surface area contributed by atoms with Gasteiger partial charge in [0.05, 0.1) is 6.61 Å². The van der Waals surface area contributed by atoms with Gasteiger partial charge in [-0.05, 0) is 5.56 Å². The fourth-order valence-corrected chi connectivity index (χ4v) is 1.54. The van der Waals surface area contributed by atoms with Gasteiger partial charge in [0.15, 0.2) is 5.78 Å². The molecule has 0 aliphatic carbocycles. The van der Waals surface area contributed by atoms with Crippen molar-refractivity contribution in [3.05, 3.63) is 71.8 Å². The maximum absolute atomic E-state index is 11.7. The Hall–Kier alpha value is -1.93. The van der Waals surface area contributed by atoms with E-state index in [1.54, 1.807) is 12.1 Å². The van der Waals surface area contributed by atoms with Crippen LogP contribution in [0.15, 0.2) is 60.7 Å². The quantitative estimate of drug-likeness (QED) is 0.732. The molecule has 2 aromatic carbocycles. The van der Waals surface area contributed by atoms with Crippen molar-refractivity contribution in [1.82, 2.24) is 0 Å². The third kappa shape index (κ3) is 3.54. The molecule has 0 N–H and O–H groups in total. The molecule has 0 aliphatic heterocycles. The first-order valence-electron chi connectivity index (χ1n) is 5.56. The summed E-state index contributed by atoms with van der Waals surface area (Å²) in [5.74, 6) is 0.0153. The van der Waals surface area contributed by atoms with Gasteiger partial charge in [-0.2, -0.15) is 0 Å². The minimum Gasteiger partial charge on any atom is -0.369 e. The lowest BCUT2D eigenvalue weighted by Gasteiger charge is -2.03. The Morgan fingerprint density at radius 1 is 0.882 bits per heavy atom. The van der Waals surface area contributed by atoms with Crippen molar-refractivity contribution in [2.75, 3.05) is 6.61 Å². The summed E-state index contributed by atoms with van der Waals surface area (Å²) in [5.41, 5.74) is 1.77. The molecule has 0 bridgehead atoms. The van der Waals surface area contributed by atoms with Crippen LogP contribution in [0.2, 0.25) is 0 Å². The summed E-state index contributed by atoms with van der Waals surface area (Å²) in [7, 11) is 0. The lowest BCUT2D eigenvalue weighted by molar-refractivity contribution is 0.0726. The van der Waals surface area contributed by atoms with Crippen LogP contribution in [0.1, 0.15) is 15.9 Å². The highest BCUT2D eigenvalue weighted by molar-refractivity contribution is 5.96. The first-order chi connectivity index (χ1) is 8.36. The maximum Gasteiger partial charge on any atom is 0.188 e. The van der Waals surface area contributed by atoms with E-state index in [1.165, 1.54) is 0 Å². The fourth-order valence-electron chi connectivity index (χ4n) is 1.54. The number of rotatable bonds is 5. The predicted molar refractivity (Wildman–Crippen MR) is 66.9 cm³/mol. The number of carbonyl (C=O) groups is 1. The van der Waals surface area contributed by atoms with E-state index in [4.69, 9.17) is 4.74 Å². The predicted octanol–water partition coefficient (Wildman–Crippen LogP) is 3.09. The van der Waals surface area contributed by atoms with Gasteiger partial charge in [0.1, 0.15) is 6.61 Å². The molecule has 2 heteroatoms. The van der Waals surface area contributed by atoms with E-state index < -0.39 is 0 Å². The van der Waals surface area contributed by atoms with Crippen LogP contribution >= 0.6 is 0 Å². The van der Waals surface area contributed by atoms with Crippen LogP contribution in [0.4, 0.5) is 0 Å². The van der Waals surface area contributed by atoms with Gasteiger partial charge in [0.2, 0.25) is 0 Å². The van der Waals surface area contributed by atoms with E-state index in [0.29, 0.717) is 12.2 Å². The molecule has 2 aromatic rings. The Labute approximate surface area is 101 Å². The number of Topliss-reactive ketones (excluding diaryl/α,β-unsaturated/α-hetero) is 1. The van der Waals surface area contributed by atoms with E-state index in [2.05, 4.69) is 0 Å². The normalized spacial score (nSPS) is 10.1. The van der Waals surface area contributed by atoms with Crippen molar-refractivity contribution in [1.29, 1.82) is 0 Å². The second-order valence-corrected chi connectivity index (χ2v) is 3.77. The van der Waals surface area contributed by atoms with Gasteiger partial charge < -0.3 is 4.74 Å². The summed E-state index contributed by atoms with van der Waals surface area (Å²) in [6.45, 7) is 0.596. The van der Waals surface area contributed by atoms with Crippen molar-refractivity contribution in [3.63, 3.8) is 0 Å². The van der Waals surface area contributed by atoms with Crippen LogP contribution in [-0.2, 0) is 11.3 Å². The summed E-state index contributed by atoms with van der Waals surface area (Å²) >= 11 is 0. The molecule has 0 heterocycles. The molecular weight excluding hydrogens is 212 g/mol. The molecular formula is C15H14O2. The van der Waals surface area contributed by atoms with E-state index in [1.807, 2.05) is 48.5 Å². The second kappa shape index (κ2) is 5.97. The SMILES string of the molecule is O=C(COCc1ccccc1)c1ccccc1. The fraction of sp³-hybridized carbons (Fsp3) is 0.133. The average Bonchev–Trinajstić information content (AvgIpc) is 2.41. The standard InChI is InChI=1S/C15H14O2/c16-15(14-9-5-2-6-10-14)12-17-11-13-7-3-1-4-8-13/h1-10H,11-12H2. The van der Waals surface area contributed by atoms with Crippen LogP contribution in [0.3, 0.4) is 0 Å². The molecule has 2 rings (SSSR count). The average molecular weight is 226 g/mol.